The molecule has 0 bridgehead atoms. The van der Waals surface area contributed by atoms with Crippen LogP contribution in [0.4, 0.5) is 5.69 Å². The number of hydrogen-bond acceptors (Lipinski definition) is 5. The molecule has 0 spiro atoms. The number of halogens is 1. The predicted molar refractivity (Wildman–Crippen MR) is 71.2 cm³/mol. The number of pyridine rings is 1. The van der Waals surface area contributed by atoms with Crippen molar-refractivity contribution in [2.24, 2.45) is 5.84 Å². The van der Waals surface area contributed by atoms with Gasteiger partial charge >= 0.3 is 0 Å². The number of aromatic nitrogens is 1. The zero-order valence-corrected chi connectivity index (χ0v) is 10.4. The van der Waals surface area contributed by atoms with Crippen molar-refractivity contribution in [2.75, 3.05) is 11.9 Å². The van der Waals surface area contributed by atoms with Gasteiger partial charge in [0, 0.05) is 17.1 Å². The minimum Gasteiger partial charge on any atom is -0.376 e. The Hall–Kier alpha value is -2.18. The van der Waals surface area contributed by atoms with Crippen molar-refractivity contribution in [1.82, 2.24) is 10.4 Å². The van der Waals surface area contributed by atoms with E-state index in [0.29, 0.717) is 27.2 Å². The number of ketones is 1. The summed E-state index contributed by atoms with van der Waals surface area (Å²) < 4.78 is 0. The first-order valence-electron chi connectivity index (χ1n) is 5.52. The number of carbonyl (C=O) groups excluding carboxylic acids is 2. The quantitative estimate of drug-likeness (QED) is 0.412. The number of Topliss-reactive ketones (excluding diaryl/α,β-unsaturated/α-hetero) is 1. The Morgan fingerprint density at radius 3 is 3.00 bits per heavy atom. The molecule has 1 aliphatic heterocycles. The number of amides is 1. The Bertz CT molecular complexity index is 729. The van der Waals surface area contributed by atoms with Crippen LogP contribution in [-0.4, -0.2) is 23.2 Å². The fraction of sp³-hybridized carbons (Fsp3) is 0.0833. The zero-order valence-electron chi connectivity index (χ0n) is 9.66. The fourth-order valence-electron chi connectivity index (χ4n) is 2.20. The van der Waals surface area contributed by atoms with Crippen LogP contribution in [0.25, 0.3) is 10.9 Å². The summed E-state index contributed by atoms with van der Waals surface area (Å²) in [7, 11) is 0. The van der Waals surface area contributed by atoms with Gasteiger partial charge in [-0.05, 0) is 12.1 Å². The van der Waals surface area contributed by atoms with Gasteiger partial charge in [0.1, 0.15) is 0 Å². The second kappa shape index (κ2) is 4.18. The Morgan fingerprint density at radius 1 is 1.47 bits per heavy atom. The summed E-state index contributed by atoms with van der Waals surface area (Å²) in [4.78, 5) is 27.7. The van der Waals surface area contributed by atoms with Crippen molar-refractivity contribution in [3.05, 3.63) is 34.5 Å². The van der Waals surface area contributed by atoms with Gasteiger partial charge in [0.05, 0.1) is 28.3 Å². The number of nitrogens with two attached hydrogens (primary N) is 1. The van der Waals surface area contributed by atoms with Crippen molar-refractivity contribution in [1.29, 1.82) is 0 Å². The fourth-order valence-corrected chi connectivity index (χ4v) is 2.41. The molecule has 6 nitrogen and oxygen atoms in total. The van der Waals surface area contributed by atoms with Crippen LogP contribution in [0.3, 0.4) is 0 Å². The number of anilines is 1. The maximum absolute atomic E-state index is 11.9. The Labute approximate surface area is 112 Å². The van der Waals surface area contributed by atoms with Gasteiger partial charge in [0.15, 0.2) is 5.78 Å². The highest BCUT2D eigenvalue weighted by Crippen LogP contribution is 2.35. The lowest BCUT2D eigenvalue weighted by molar-refractivity contribution is 0.0951. The van der Waals surface area contributed by atoms with Crippen LogP contribution in [0.1, 0.15) is 20.7 Å². The Kier molecular flexibility index (Phi) is 2.62. The largest absolute Gasteiger partial charge is 0.376 e. The second-order valence-corrected chi connectivity index (χ2v) is 4.52. The van der Waals surface area contributed by atoms with Crippen LogP contribution >= 0.6 is 11.6 Å². The van der Waals surface area contributed by atoms with Gasteiger partial charge in [-0.15, -0.1) is 0 Å². The minimum absolute atomic E-state index is 0.0683. The van der Waals surface area contributed by atoms with E-state index in [1.807, 2.05) is 0 Å². The number of hydrogen-bond donors (Lipinski definition) is 3. The zero-order chi connectivity index (χ0) is 13.6. The van der Waals surface area contributed by atoms with Gasteiger partial charge < -0.3 is 5.32 Å². The first kappa shape index (κ1) is 11.9. The smallest absolute Gasteiger partial charge is 0.268 e. The molecule has 0 saturated carbocycles. The number of nitrogens with zero attached hydrogens (tertiary/aromatic N) is 1. The summed E-state index contributed by atoms with van der Waals surface area (Å²) in [6.07, 6.45) is 1.39. The van der Waals surface area contributed by atoms with E-state index in [1.54, 1.807) is 12.1 Å². The third-order valence-corrected chi connectivity index (χ3v) is 3.38. The van der Waals surface area contributed by atoms with Crippen LogP contribution in [0.15, 0.2) is 18.3 Å². The highest BCUT2D eigenvalue weighted by atomic mass is 35.5. The van der Waals surface area contributed by atoms with E-state index in [4.69, 9.17) is 17.4 Å². The topological polar surface area (TPSA) is 97.1 Å². The molecule has 3 rings (SSSR count). The van der Waals surface area contributed by atoms with E-state index < -0.39 is 5.91 Å². The van der Waals surface area contributed by atoms with Crippen molar-refractivity contribution in [2.45, 2.75) is 0 Å². The van der Waals surface area contributed by atoms with Crippen molar-refractivity contribution in [3.63, 3.8) is 0 Å². The van der Waals surface area contributed by atoms with Gasteiger partial charge in [0.25, 0.3) is 5.91 Å². The molecule has 4 N–H and O–H groups in total. The predicted octanol–water partition coefficient (Wildman–Crippen LogP) is 1.10. The maximum Gasteiger partial charge on any atom is 0.268 e. The molecule has 1 amide bonds. The number of rotatable bonds is 1. The molecule has 0 radical (unpaired) electrons. The molecule has 19 heavy (non-hydrogen) atoms. The monoisotopic (exact) mass is 276 g/mol. The summed E-state index contributed by atoms with van der Waals surface area (Å²) in [6.45, 7) is 0.124. The maximum atomic E-state index is 11.9. The molecule has 2 heterocycles. The summed E-state index contributed by atoms with van der Waals surface area (Å²) in [5, 5.41) is 3.91. The SMILES string of the molecule is NNC(=O)c1cnc2c(Cl)ccc3c2c1NCC3=O. The van der Waals surface area contributed by atoms with Gasteiger partial charge in [-0.1, -0.05) is 11.6 Å². The van der Waals surface area contributed by atoms with Crippen LogP contribution in [0.2, 0.25) is 5.02 Å². The summed E-state index contributed by atoms with van der Waals surface area (Å²) >= 11 is 6.07. The molecule has 0 fully saturated rings. The van der Waals surface area contributed by atoms with Gasteiger partial charge in [-0.2, -0.15) is 0 Å². The minimum atomic E-state index is -0.475. The van der Waals surface area contributed by atoms with Crippen LogP contribution in [0, 0.1) is 0 Å². The van der Waals surface area contributed by atoms with Gasteiger partial charge in [0.2, 0.25) is 0 Å². The van der Waals surface area contributed by atoms with Crippen LogP contribution in [0.5, 0.6) is 0 Å². The van der Waals surface area contributed by atoms with E-state index in [2.05, 4.69) is 15.7 Å². The lowest BCUT2D eigenvalue weighted by Crippen LogP contribution is -2.32. The average Bonchev–Trinajstić information content (AvgIpc) is 2.43. The highest BCUT2D eigenvalue weighted by Gasteiger charge is 2.25. The average molecular weight is 277 g/mol. The molecule has 0 aliphatic carbocycles. The number of carbonyl (C=O) groups is 2. The van der Waals surface area contributed by atoms with Crippen molar-refractivity contribution < 1.29 is 9.59 Å². The van der Waals surface area contributed by atoms with E-state index in [1.165, 1.54) is 6.20 Å². The summed E-state index contributed by atoms with van der Waals surface area (Å²) in [5.74, 6) is 4.59. The number of hydrazine groups is 1. The molecular formula is C12H9ClN4O2. The Balaban J connectivity index is 2.43. The first-order chi connectivity index (χ1) is 9.13. The van der Waals surface area contributed by atoms with E-state index in [0.717, 1.165) is 0 Å². The molecular weight excluding hydrogens is 268 g/mol. The molecule has 0 unspecified atom stereocenters. The molecule has 1 aromatic heterocycles. The molecule has 7 heteroatoms. The number of nitrogen functional groups attached to an aromatic ring is 1. The van der Waals surface area contributed by atoms with Crippen molar-refractivity contribution in [3.8, 4) is 0 Å². The highest BCUT2D eigenvalue weighted by molar-refractivity contribution is 6.37. The lowest BCUT2D eigenvalue weighted by atomic mass is 9.97. The van der Waals surface area contributed by atoms with Crippen molar-refractivity contribution >= 4 is 39.9 Å². The van der Waals surface area contributed by atoms with Crippen LogP contribution < -0.4 is 16.6 Å². The standard InChI is InChI=1S/C12H9ClN4O2/c13-7-2-1-5-8(18)4-16-10-6(12(19)17-14)3-15-11(7)9(5)10/h1-3,16H,4,14H2,(H,17,19). The molecule has 96 valence electrons. The summed E-state index contributed by atoms with van der Waals surface area (Å²) in [5.41, 5.74) is 3.86. The Morgan fingerprint density at radius 2 is 2.26 bits per heavy atom. The van der Waals surface area contributed by atoms with Gasteiger partial charge in [-0.25, -0.2) is 5.84 Å². The number of benzene rings is 1. The molecule has 1 aromatic carbocycles. The van der Waals surface area contributed by atoms with E-state index in [9.17, 15) is 9.59 Å². The number of nitrogens with one attached hydrogen (secondary N) is 2. The normalized spacial score (nSPS) is 13.3. The summed E-state index contributed by atoms with van der Waals surface area (Å²) in [6, 6.07) is 3.27. The lowest BCUT2D eigenvalue weighted by Gasteiger charge is -2.20. The van der Waals surface area contributed by atoms with E-state index >= 15 is 0 Å². The molecule has 0 saturated heterocycles. The molecule has 0 atom stereocenters. The second-order valence-electron chi connectivity index (χ2n) is 4.12. The van der Waals surface area contributed by atoms with E-state index in [-0.39, 0.29) is 17.9 Å². The first-order valence-corrected chi connectivity index (χ1v) is 5.90. The van der Waals surface area contributed by atoms with Gasteiger partial charge in [-0.3, -0.25) is 20.0 Å². The molecule has 1 aliphatic rings. The third-order valence-electron chi connectivity index (χ3n) is 3.07. The van der Waals surface area contributed by atoms with Crippen LogP contribution in [-0.2, 0) is 0 Å². The third kappa shape index (κ3) is 1.65. The molecule has 2 aromatic rings.